The van der Waals surface area contributed by atoms with Crippen molar-refractivity contribution in [3.05, 3.63) is 75.7 Å². The van der Waals surface area contributed by atoms with Gasteiger partial charge in [0, 0.05) is 6.20 Å². The Morgan fingerprint density at radius 2 is 1.86 bits per heavy atom. The lowest BCUT2D eigenvalue weighted by atomic mass is 10.2. The molecule has 1 N–H and O–H groups in total. The predicted molar refractivity (Wildman–Crippen MR) is 135 cm³/mol. The number of furan rings is 1. The minimum Gasteiger partial charge on any atom is -0.490 e. The second kappa shape index (κ2) is 10.8. The van der Waals surface area contributed by atoms with Crippen molar-refractivity contribution in [1.29, 1.82) is 0 Å². The number of carbonyl (C=O) groups is 1. The van der Waals surface area contributed by atoms with E-state index in [2.05, 4.69) is 31.4 Å². The van der Waals surface area contributed by atoms with Gasteiger partial charge in [0.2, 0.25) is 0 Å². The first-order chi connectivity index (χ1) is 16.9. The topological polar surface area (TPSA) is 96.3 Å². The summed E-state index contributed by atoms with van der Waals surface area (Å²) < 4.78 is 21.6. The molecule has 0 fully saturated rings. The lowest BCUT2D eigenvalue weighted by Gasteiger charge is -2.12. The van der Waals surface area contributed by atoms with Gasteiger partial charge in [0.05, 0.1) is 54.0 Å². The zero-order valence-electron chi connectivity index (χ0n) is 20.2. The third-order valence-electron chi connectivity index (χ3n) is 5.33. The summed E-state index contributed by atoms with van der Waals surface area (Å²) in [6.07, 6.45) is 3.37. The van der Waals surface area contributed by atoms with Crippen LogP contribution in [0, 0.1) is 13.8 Å². The maximum absolute atomic E-state index is 12.7. The largest absolute Gasteiger partial charge is 0.490 e. The number of aryl methyl sites for hydroxylation is 1. The molecule has 4 aromatic rings. The van der Waals surface area contributed by atoms with Crippen molar-refractivity contribution in [3.8, 4) is 11.5 Å². The molecule has 4 rings (SSSR count). The number of hydrogen-bond acceptors (Lipinski definition) is 6. The molecule has 0 aliphatic rings. The highest BCUT2D eigenvalue weighted by atomic mass is 79.9. The second-order valence-corrected chi connectivity index (χ2v) is 8.73. The number of nitrogens with zero attached hydrogens (tertiary/aromatic N) is 4. The maximum atomic E-state index is 12.7. The van der Waals surface area contributed by atoms with Crippen molar-refractivity contribution in [1.82, 2.24) is 19.6 Å². The molecule has 0 spiro atoms. The van der Waals surface area contributed by atoms with Crippen LogP contribution in [0.4, 0.5) is 5.69 Å². The van der Waals surface area contributed by atoms with E-state index in [1.807, 2.05) is 50.6 Å². The molecule has 0 saturated carbocycles. The number of nitrogens with one attached hydrogen (secondary N) is 1. The van der Waals surface area contributed by atoms with Gasteiger partial charge in [-0.3, -0.25) is 14.2 Å². The molecule has 35 heavy (non-hydrogen) atoms. The zero-order valence-corrected chi connectivity index (χ0v) is 21.8. The van der Waals surface area contributed by atoms with Gasteiger partial charge in [-0.2, -0.15) is 10.2 Å². The Bertz CT molecular complexity index is 1320. The summed E-state index contributed by atoms with van der Waals surface area (Å²) in [5.74, 6) is 1.94. The van der Waals surface area contributed by atoms with Crippen LogP contribution in [0.15, 0.2) is 51.6 Å². The van der Waals surface area contributed by atoms with Crippen molar-refractivity contribution in [2.45, 2.75) is 40.8 Å². The Morgan fingerprint density at radius 1 is 1.09 bits per heavy atom. The van der Waals surface area contributed by atoms with E-state index >= 15 is 0 Å². The van der Waals surface area contributed by atoms with Gasteiger partial charge in [-0.25, -0.2) is 0 Å². The molecule has 0 bridgehead atoms. The second-order valence-electron chi connectivity index (χ2n) is 7.94. The molecule has 3 heterocycles. The van der Waals surface area contributed by atoms with Crippen LogP contribution in [0.1, 0.15) is 47.1 Å². The maximum Gasteiger partial charge on any atom is 0.291 e. The van der Waals surface area contributed by atoms with Crippen molar-refractivity contribution in [2.24, 2.45) is 0 Å². The molecule has 0 saturated heterocycles. The highest BCUT2D eigenvalue weighted by molar-refractivity contribution is 9.10. The van der Waals surface area contributed by atoms with Gasteiger partial charge in [0.15, 0.2) is 17.3 Å². The van der Waals surface area contributed by atoms with Gasteiger partial charge >= 0.3 is 0 Å². The van der Waals surface area contributed by atoms with Gasteiger partial charge in [-0.05, 0) is 73.5 Å². The molecule has 3 aromatic heterocycles. The highest BCUT2D eigenvalue weighted by Crippen LogP contribution is 2.29. The van der Waals surface area contributed by atoms with Crippen molar-refractivity contribution in [3.63, 3.8) is 0 Å². The van der Waals surface area contributed by atoms with Crippen LogP contribution < -0.4 is 14.8 Å². The zero-order chi connectivity index (χ0) is 24.9. The van der Waals surface area contributed by atoms with Crippen LogP contribution in [0.25, 0.3) is 0 Å². The van der Waals surface area contributed by atoms with E-state index in [9.17, 15) is 4.79 Å². The molecule has 0 aliphatic carbocycles. The van der Waals surface area contributed by atoms with Crippen LogP contribution >= 0.6 is 15.9 Å². The number of anilines is 1. The average Bonchev–Trinajstić information content (AvgIpc) is 3.54. The summed E-state index contributed by atoms with van der Waals surface area (Å²) >= 11 is 3.52. The number of benzene rings is 1. The number of ether oxygens (including phenoxy) is 2. The summed E-state index contributed by atoms with van der Waals surface area (Å²) in [5, 5.41) is 11.7. The summed E-state index contributed by atoms with van der Waals surface area (Å²) in [6.45, 7) is 9.86. The number of halogens is 1. The van der Waals surface area contributed by atoms with Crippen LogP contribution in [0.2, 0.25) is 0 Å². The minimum absolute atomic E-state index is 0.223. The van der Waals surface area contributed by atoms with E-state index in [-0.39, 0.29) is 11.7 Å². The molecule has 184 valence electrons. The molecular weight excluding hydrogens is 514 g/mol. The molecule has 10 heteroatoms. The Kier molecular flexibility index (Phi) is 7.60. The Balaban J connectivity index is 1.39. The number of rotatable bonds is 10. The monoisotopic (exact) mass is 541 g/mol. The smallest absolute Gasteiger partial charge is 0.291 e. The van der Waals surface area contributed by atoms with Crippen LogP contribution in [0.5, 0.6) is 11.5 Å². The standard InChI is InChI=1S/C25H28BrN5O4/c1-5-33-21-9-7-18(11-23(21)34-6-2)13-30-14-19(12-27-30)28-25(32)22-10-8-20(35-22)15-31-17(4)24(26)16(3)29-31/h7-12,14H,5-6,13,15H2,1-4H3,(H,28,32). The van der Waals surface area contributed by atoms with E-state index in [0.717, 1.165) is 27.2 Å². The van der Waals surface area contributed by atoms with E-state index in [1.54, 1.807) is 29.2 Å². The summed E-state index contributed by atoms with van der Waals surface area (Å²) in [7, 11) is 0. The molecular formula is C25H28BrN5O4. The third kappa shape index (κ3) is 5.76. The molecule has 1 aromatic carbocycles. The molecule has 0 unspecified atom stereocenters. The normalized spacial score (nSPS) is 11.0. The van der Waals surface area contributed by atoms with Crippen molar-refractivity contribution in [2.75, 3.05) is 18.5 Å². The van der Waals surface area contributed by atoms with Crippen molar-refractivity contribution >= 4 is 27.5 Å². The number of aromatic nitrogens is 4. The van der Waals surface area contributed by atoms with E-state index in [1.165, 1.54) is 0 Å². The first kappa shape index (κ1) is 24.6. The van der Waals surface area contributed by atoms with Crippen LogP contribution in [-0.2, 0) is 13.1 Å². The molecule has 9 nitrogen and oxygen atoms in total. The SMILES string of the molecule is CCOc1ccc(Cn2cc(NC(=O)c3ccc(Cn4nc(C)c(Br)c4C)o3)cn2)cc1OCC. The van der Waals surface area contributed by atoms with Gasteiger partial charge in [-0.1, -0.05) is 6.07 Å². The summed E-state index contributed by atoms with van der Waals surface area (Å²) in [5.41, 5.74) is 3.48. The fourth-order valence-electron chi connectivity index (χ4n) is 3.65. The van der Waals surface area contributed by atoms with E-state index < -0.39 is 0 Å². The fourth-order valence-corrected chi connectivity index (χ4v) is 3.93. The van der Waals surface area contributed by atoms with E-state index in [0.29, 0.717) is 43.5 Å². The number of amides is 1. The quantitative estimate of drug-likeness (QED) is 0.296. The number of carbonyl (C=O) groups excluding carboxylic acids is 1. The summed E-state index contributed by atoms with van der Waals surface area (Å²) in [6, 6.07) is 9.25. The molecule has 0 atom stereocenters. The summed E-state index contributed by atoms with van der Waals surface area (Å²) in [4.78, 5) is 12.7. The lowest BCUT2D eigenvalue weighted by molar-refractivity contribution is 0.0994. The molecule has 1 amide bonds. The molecule has 0 aliphatic heterocycles. The minimum atomic E-state index is -0.343. The first-order valence-electron chi connectivity index (χ1n) is 11.4. The van der Waals surface area contributed by atoms with Gasteiger partial charge in [0.1, 0.15) is 5.76 Å². The third-order valence-corrected chi connectivity index (χ3v) is 6.48. The first-order valence-corrected chi connectivity index (χ1v) is 12.2. The highest BCUT2D eigenvalue weighted by Gasteiger charge is 2.15. The Morgan fingerprint density at radius 3 is 2.57 bits per heavy atom. The van der Waals surface area contributed by atoms with Crippen LogP contribution in [-0.4, -0.2) is 38.7 Å². The van der Waals surface area contributed by atoms with Gasteiger partial charge in [-0.15, -0.1) is 0 Å². The Labute approximate surface area is 212 Å². The van der Waals surface area contributed by atoms with E-state index in [4.69, 9.17) is 13.9 Å². The fraction of sp³-hybridized carbons (Fsp3) is 0.320. The van der Waals surface area contributed by atoms with Crippen molar-refractivity contribution < 1.29 is 18.7 Å². The average molecular weight is 542 g/mol. The van der Waals surface area contributed by atoms with Gasteiger partial charge in [0.25, 0.3) is 5.91 Å². The van der Waals surface area contributed by atoms with Gasteiger partial charge < -0.3 is 19.2 Å². The predicted octanol–water partition coefficient (Wildman–Crippen LogP) is 5.20. The Hall–Kier alpha value is -3.53. The number of hydrogen-bond donors (Lipinski definition) is 1. The molecule has 0 radical (unpaired) electrons. The lowest BCUT2D eigenvalue weighted by Crippen LogP contribution is -2.10. The van der Waals surface area contributed by atoms with Crippen LogP contribution in [0.3, 0.4) is 0 Å².